The minimum absolute atomic E-state index is 0.0115. The lowest BCUT2D eigenvalue weighted by molar-refractivity contribution is -0.148. The second kappa shape index (κ2) is 7.35. The van der Waals surface area contributed by atoms with Crippen LogP contribution in [0.15, 0.2) is 30.5 Å². The van der Waals surface area contributed by atoms with Gasteiger partial charge in [-0.15, -0.1) is 0 Å². The number of fused-ring (bicyclic) bond motifs is 1. The summed E-state index contributed by atoms with van der Waals surface area (Å²) in [7, 11) is 0. The predicted molar refractivity (Wildman–Crippen MR) is 104 cm³/mol. The molecule has 2 fully saturated rings. The Hall–Kier alpha value is -2.34. The third kappa shape index (κ3) is 3.72. The Kier molecular flexibility index (Phi) is 4.91. The maximum Gasteiger partial charge on any atom is 0.253 e. The Bertz CT molecular complexity index is 828. The molecule has 0 aliphatic carbocycles. The second-order valence-corrected chi connectivity index (χ2v) is 7.85. The van der Waals surface area contributed by atoms with Gasteiger partial charge in [-0.3, -0.25) is 9.59 Å². The SMILES string of the molecule is C[C@@H]1CN(C(=O)C2CCN(C(=O)c3ccc4cc[nH]c4c3)CC2)C[C@@H](C)O1. The Morgan fingerprint density at radius 3 is 2.44 bits per heavy atom. The van der Waals surface area contributed by atoms with Crippen LogP contribution in [0.3, 0.4) is 0 Å². The smallest absolute Gasteiger partial charge is 0.253 e. The van der Waals surface area contributed by atoms with Crippen LogP contribution in [-0.2, 0) is 9.53 Å². The first-order valence-electron chi connectivity index (χ1n) is 9.82. The minimum Gasteiger partial charge on any atom is -0.372 e. The number of H-pyrrole nitrogens is 1. The molecule has 27 heavy (non-hydrogen) atoms. The van der Waals surface area contributed by atoms with Gasteiger partial charge < -0.3 is 19.5 Å². The van der Waals surface area contributed by atoms with Gasteiger partial charge in [0.1, 0.15) is 0 Å². The molecule has 3 heterocycles. The number of aromatic nitrogens is 1. The normalized spacial score (nSPS) is 24.4. The molecule has 2 atom stereocenters. The first kappa shape index (κ1) is 18.0. The highest BCUT2D eigenvalue weighted by molar-refractivity contribution is 5.98. The van der Waals surface area contributed by atoms with Gasteiger partial charge in [0.15, 0.2) is 0 Å². The number of hydrogen-bond acceptors (Lipinski definition) is 3. The molecule has 2 aliphatic heterocycles. The molecule has 2 amide bonds. The molecular formula is C21H27N3O3. The van der Waals surface area contributed by atoms with E-state index >= 15 is 0 Å². The molecule has 2 aliphatic rings. The molecule has 2 saturated heterocycles. The fourth-order valence-electron chi connectivity index (χ4n) is 4.31. The molecule has 144 valence electrons. The van der Waals surface area contributed by atoms with Crippen LogP contribution in [-0.4, -0.2) is 65.0 Å². The third-order valence-corrected chi connectivity index (χ3v) is 5.66. The van der Waals surface area contributed by atoms with Crippen LogP contribution < -0.4 is 0 Å². The third-order valence-electron chi connectivity index (χ3n) is 5.66. The Balaban J connectivity index is 1.36. The average molecular weight is 369 g/mol. The van der Waals surface area contributed by atoms with Gasteiger partial charge in [0.2, 0.25) is 5.91 Å². The van der Waals surface area contributed by atoms with Crippen molar-refractivity contribution in [3.63, 3.8) is 0 Å². The van der Waals surface area contributed by atoms with Crippen LogP contribution in [0.25, 0.3) is 10.9 Å². The van der Waals surface area contributed by atoms with Gasteiger partial charge in [0, 0.05) is 49.4 Å². The lowest BCUT2D eigenvalue weighted by Gasteiger charge is -2.39. The quantitative estimate of drug-likeness (QED) is 0.885. The first-order valence-corrected chi connectivity index (χ1v) is 9.82. The number of aromatic amines is 1. The number of benzene rings is 1. The van der Waals surface area contributed by atoms with Crippen molar-refractivity contribution in [2.75, 3.05) is 26.2 Å². The number of morpholine rings is 1. The number of ether oxygens (including phenoxy) is 1. The van der Waals surface area contributed by atoms with Crippen molar-refractivity contribution in [1.82, 2.24) is 14.8 Å². The molecule has 0 radical (unpaired) electrons. The number of carbonyl (C=O) groups is 2. The summed E-state index contributed by atoms with van der Waals surface area (Å²) in [4.78, 5) is 32.7. The number of likely N-dealkylation sites (tertiary alicyclic amines) is 1. The van der Waals surface area contributed by atoms with Crippen LogP contribution >= 0.6 is 0 Å². The first-order chi connectivity index (χ1) is 13.0. The van der Waals surface area contributed by atoms with E-state index in [0.29, 0.717) is 31.7 Å². The minimum atomic E-state index is 0.0115. The summed E-state index contributed by atoms with van der Waals surface area (Å²) in [5.74, 6) is 0.278. The molecule has 0 unspecified atom stereocenters. The standard InChI is InChI=1S/C21H27N3O3/c1-14-12-24(13-15(2)27-14)20(25)17-6-9-23(10-7-17)21(26)18-4-3-16-5-8-22-19(16)11-18/h3-5,8,11,14-15,17,22H,6-7,9-10,12-13H2,1-2H3/t14-,15-/m1/s1. The van der Waals surface area contributed by atoms with Crippen molar-refractivity contribution in [3.05, 3.63) is 36.0 Å². The molecule has 6 heteroatoms. The lowest BCUT2D eigenvalue weighted by atomic mass is 9.94. The number of piperidine rings is 1. The molecule has 1 N–H and O–H groups in total. The zero-order valence-electron chi connectivity index (χ0n) is 16.0. The summed E-state index contributed by atoms with van der Waals surface area (Å²) in [6, 6.07) is 7.75. The van der Waals surface area contributed by atoms with E-state index in [1.54, 1.807) is 0 Å². The molecule has 6 nitrogen and oxygen atoms in total. The number of hydrogen-bond donors (Lipinski definition) is 1. The summed E-state index contributed by atoms with van der Waals surface area (Å²) in [6.45, 7) is 6.62. The van der Waals surface area contributed by atoms with Crippen LogP contribution in [0.1, 0.15) is 37.0 Å². The van der Waals surface area contributed by atoms with Crippen LogP contribution in [0, 0.1) is 5.92 Å². The zero-order valence-corrected chi connectivity index (χ0v) is 16.0. The highest BCUT2D eigenvalue weighted by Crippen LogP contribution is 2.24. The van der Waals surface area contributed by atoms with Crippen molar-refractivity contribution < 1.29 is 14.3 Å². The molecule has 0 saturated carbocycles. The van der Waals surface area contributed by atoms with E-state index in [4.69, 9.17) is 4.74 Å². The van der Waals surface area contributed by atoms with Crippen molar-refractivity contribution in [2.24, 2.45) is 5.92 Å². The highest BCUT2D eigenvalue weighted by atomic mass is 16.5. The van der Waals surface area contributed by atoms with Gasteiger partial charge in [-0.2, -0.15) is 0 Å². The number of nitrogens with zero attached hydrogens (tertiary/aromatic N) is 2. The van der Waals surface area contributed by atoms with Crippen LogP contribution in [0.2, 0.25) is 0 Å². The van der Waals surface area contributed by atoms with Gasteiger partial charge in [-0.25, -0.2) is 0 Å². The zero-order chi connectivity index (χ0) is 19.0. The van der Waals surface area contributed by atoms with E-state index in [1.165, 1.54) is 0 Å². The topological polar surface area (TPSA) is 65.6 Å². The molecule has 1 aromatic carbocycles. The molecular weight excluding hydrogens is 342 g/mol. The largest absolute Gasteiger partial charge is 0.372 e. The van der Waals surface area contributed by atoms with Crippen molar-refractivity contribution in [2.45, 2.75) is 38.9 Å². The van der Waals surface area contributed by atoms with Crippen molar-refractivity contribution in [3.8, 4) is 0 Å². The Labute approximate surface area is 159 Å². The average Bonchev–Trinajstić information content (AvgIpc) is 3.14. The van der Waals surface area contributed by atoms with Gasteiger partial charge in [0.25, 0.3) is 5.91 Å². The number of carbonyl (C=O) groups excluding carboxylic acids is 2. The second-order valence-electron chi connectivity index (χ2n) is 7.85. The molecule has 2 aromatic rings. The van der Waals surface area contributed by atoms with E-state index in [-0.39, 0.29) is 29.9 Å². The van der Waals surface area contributed by atoms with E-state index in [0.717, 1.165) is 23.7 Å². The fourth-order valence-corrected chi connectivity index (χ4v) is 4.31. The Morgan fingerprint density at radius 2 is 1.74 bits per heavy atom. The number of nitrogens with one attached hydrogen (secondary N) is 1. The van der Waals surface area contributed by atoms with Crippen molar-refractivity contribution in [1.29, 1.82) is 0 Å². The summed E-state index contributed by atoms with van der Waals surface area (Å²) >= 11 is 0. The molecule has 0 spiro atoms. The van der Waals surface area contributed by atoms with Crippen LogP contribution in [0.5, 0.6) is 0 Å². The van der Waals surface area contributed by atoms with Crippen LogP contribution in [0.4, 0.5) is 0 Å². The monoisotopic (exact) mass is 369 g/mol. The summed E-state index contributed by atoms with van der Waals surface area (Å²) in [5.41, 5.74) is 1.67. The van der Waals surface area contributed by atoms with Gasteiger partial charge in [-0.1, -0.05) is 6.07 Å². The van der Waals surface area contributed by atoms with E-state index < -0.39 is 0 Å². The summed E-state index contributed by atoms with van der Waals surface area (Å²) in [6.07, 6.45) is 3.51. The maximum absolute atomic E-state index is 12.9. The van der Waals surface area contributed by atoms with E-state index in [1.807, 2.05) is 54.1 Å². The predicted octanol–water partition coefficient (Wildman–Crippen LogP) is 2.66. The van der Waals surface area contributed by atoms with E-state index in [2.05, 4.69) is 4.98 Å². The Morgan fingerprint density at radius 1 is 1.04 bits per heavy atom. The number of amides is 2. The van der Waals surface area contributed by atoms with E-state index in [9.17, 15) is 9.59 Å². The number of rotatable bonds is 2. The summed E-state index contributed by atoms with van der Waals surface area (Å²) in [5, 5.41) is 1.10. The molecule has 1 aromatic heterocycles. The maximum atomic E-state index is 12.9. The summed E-state index contributed by atoms with van der Waals surface area (Å²) < 4.78 is 5.73. The van der Waals surface area contributed by atoms with Crippen molar-refractivity contribution >= 4 is 22.7 Å². The van der Waals surface area contributed by atoms with Gasteiger partial charge in [0.05, 0.1) is 12.2 Å². The molecule has 0 bridgehead atoms. The van der Waals surface area contributed by atoms with Gasteiger partial charge >= 0.3 is 0 Å². The molecule has 4 rings (SSSR count). The highest BCUT2D eigenvalue weighted by Gasteiger charge is 2.33. The van der Waals surface area contributed by atoms with Gasteiger partial charge in [-0.05, 0) is 50.3 Å². The lowest BCUT2D eigenvalue weighted by Crippen LogP contribution is -2.51. The fraction of sp³-hybridized carbons (Fsp3) is 0.524.